The lowest BCUT2D eigenvalue weighted by Crippen LogP contribution is -2.75. The first kappa shape index (κ1) is 36.8. The van der Waals surface area contributed by atoms with E-state index in [1.165, 1.54) is 0 Å². The van der Waals surface area contributed by atoms with Gasteiger partial charge in [0.2, 0.25) is 11.8 Å². The molecule has 4 heterocycles. The number of rotatable bonds is 1. The van der Waals surface area contributed by atoms with E-state index in [1.54, 1.807) is 41.1 Å². The number of fused-ring (bicyclic) bond motifs is 2. The number of aromatic hydroxyl groups is 2. The van der Waals surface area contributed by atoms with Crippen molar-refractivity contribution >= 4 is 23.4 Å². The van der Waals surface area contributed by atoms with Crippen LogP contribution >= 0.6 is 0 Å². The molecule has 2 amide bonds. The number of hydrogen-bond acceptors (Lipinski definition) is 10. The fourth-order valence-electron chi connectivity index (χ4n) is 13.6. The number of benzene rings is 2. The number of nitrogens with zero attached hydrogens (tertiary/aromatic N) is 4. The number of likely N-dealkylation sites (tertiary alicyclic amines) is 4. The van der Waals surface area contributed by atoms with Crippen molar-refractivity contribution in [3.8, 4) is 11.5 Å². The zero-order valence-corrected chi connectivity index (χ0v) is 32.4. The molecule has 6 fully saturated rings. The van der Waals surface area contributed by atoms with Crippen LogP contribution in [0.5, 0.6) is 11.5 Å². The first-order valence-corrected chi connectivity index (χ1v) is 20.1. The van der Waals surface area contributed by atoms with Crippen LogP contribution < -0.4 is 0 Å². The Hall–Kier alpha value is -3.84. The molecule has 0 unspecified atom stereocenters. The lowest BCUT2D eigenvalue weighted by Gasteiger charge is -2.66. The van der Waals surface area contributed by atoms with Crippen molar-refractivity contribution in [3.05, 3.63) is 58.7 Å². The van der Waals surface area contributed by atoms with Crippen molar-refractivity contribution in [3.63, 3.8) is 0 Å². The molecule has 4 bridgehead atoms. The van der Waals surface area contributed by atoms with Gasteiger partial charge >= 0.3 is 0 Å². The number of phenols is 2. The van der Waals surface area contributed by atoms with E-state index in [0.29, 0.717) is 57.9 Å². The minimum Gasteiger partial charge on any atom is -0.508 e. The Morgan fingerprint density at radius 1 is 0.636 bits per heavy atom. The van der Waals surface area contributed by atoms with E-state index in [1.807, 2.05) is 19.1 Å². The summed E-state index contributed by atoms with van der Waals surface area (Å²) in [6.45, 7) is 4.08. The van der Waals surface area contributed by atoms with Crippen LogP contribution in [0.25, 0.3) is 0 Å². The van der Waals surface area contributed by atoms with Gasteiger partial charge in [0.05, 0.1) is 24.0 Å². The van der Waals surface area contributed by atoms with Crippen LogP contribution in [0, 0.1) is 0 Å². The average Bonchev–Trinajstić information content (AvgIpc) is 3.50. The third-order valence-electron chi connectivity index (χ3n) is 16.5. The summed E-state index contributed by atoms with van der Waals surface area (Å²) in [5.41, 5.74) is -0.610. The maximum atomic E-state index is 13.1. The van der Waals surface area contributed by atoms with Gasteiger partial charge in [-0.3, -0.25) is 19.2 Å². The summed E-state index contributed by atoms with van der Waals surface area (Å²) >= 11 is 0. The zero-order chi connectivity index (χ0) is 39.1. The number of piperidine rings is 2. The quantitative estimate of drug-likeness (QED) is 0.318. The molecule has 294 valence electrons. The van der Waals surface area contributed by atoms with Gasteiger partial charge in [-0.1, -0.05) is 12.1 Å². The number of carbonyl (C=O) groups is 4. The second-order valence-electron chi connectivity index (χ2n) is 18.3. The van der Waals surface area contributed by atoms with Crippen molar-refractivity contribution < 1.29 is 39.6 Å². The van der Waals surface area contributed by atoms with Gasteiger partial charge in [-0.25, -0.2) is 0 Å². The molecule has 12 heteroatoms. The summed E-state index contributed by atoms with van der Waals surface area (Å²) < 4.78 is 0. The minimum absolute atomic E-state index is 0.00136. The van der Waals surface area contributed by atoms with Crippen LogP contribution in [0.4, 0.5) is 0 Å². The van der Waals surface area contributed by atoms with Gasteiger partial charge in [0, 0.05) is 36.5 Å². The lowest BCUT2D eigenvalue weighted by atomic mass is 9.46. The van der Waals surface area contributed by atoms with Crippen molar-refractivity contribution in [2.45, 2.75) is 129 Å². The SMILES string of the molecule is CCN1C(=O)CC(=O)[C@@]12CC[C@@]1(O)[C@H]3Cc4ccc(O)cc4[C@@]1(CCN3C)C2.CN1CC[C@]23C[C@@]4(CC[C@@]2(O)[C@H]1Cc1ccc(O)cc13)C(=O)CC(=O)N4C. The molecule has 10 rings (SSSR count). The molecular weight excluding hydrogens is 700 g/mol. The van der Waals surface area contributed by atoms with Gasteiger partial charge in [0.15, 0.2) is 11.6 Å². The molecule has 4 aliphatic heterocycles. The summed E-state index contributed by atoms with van der Waals surface area (Å²) in [5.74, 6) is 0.134. The molecule has 0 aromatic heterocycles. The summed E-state index contributed by atoms with van der Waals surface area (Å²) in [6.07, 6.45) is 5.73. The maximum absolute atomic E-state index is 13.1. The largest absolute Gasteiger partial charge is 0.508 e. The lowest BCUT2D eigenvalue weighted by molar-refractivity contribution is -0.186. The van der Waals surface area contributed by atoms with Crippen LogP contribution in [0.2, 0.25) is 0 Å². The molecule has 0 radical (unpaired) electrons. The Kier molecular flexibility index (Phi) is 7.92. The third-order valence-corrected chi connectivity index (χ3v) is 16.5. The van der Waals surface area contributed by atoms with Crippen LogP contribution in [0.15, 0.2) is 36.4 Å². The van der Waals surface area contributed by atoms with Crippen molar-refractivity contribution in [2.24, 2.45) is 0 Å². The number of carbonyl (C=O) groups excluding carboxylic acids is 4. The van der Waals surface area contributed by atoms with Gasteiger partial charge < -0.3 is 40.0 Å². The summed E-state index contributed by atoms with van der Waals surface area (Å²) in [6, 6.07) is 10.8. The highest BCUT2D eigenvalue weighted by atomic mass is 16.3. The molecule has 8 aliphatic rings. The first-order valence-electron chi connectivity index (χ1n) is 20.1. The zero-order valence-electron chi connectivity index (χ0n) is 32.4. The van der Waals surface area contributed by atoms with Gasteiger partial charge in [-0.2, -0.15) is 0 Å². The smallest absolute Gasteiger partial charge is 0.230 e. The molecule has 2 aromatic carbocycles. The molecule has 4 N–H and O–H groups in total. The molecule has 55 heavy (non-hydrogen) atoms. The Labute approximate surface area is 322 Å². The number of likely N-dealkylation sites (N-methyl/N-ethyl adjacent to an activating group) is 4. The number of Topliss-reactive ketones (excluding diaryl/α,β-unsaturated/α-hetero) is 2. The van der Waals surface area contributed by atoms with Crippen LogP contribution in [0.1, 0.15) is 93.4 Å². The van der Waals surface area contributed by atoms with E-state index in [-0.39, 0.29) is 59.8 Å². The highest BCUT2D eigenvalue weighted by molar-refractivity contribution is 6.11. The first-order chi connectivity index (χ1) is 26.0. The minimum atomic E-state index is -0.961. The molecule has 4 aliphatic carbocycles. The predicted octanol–water partition coefficient (Wildman–Crippen LogP) is 2.34. The van der Waals surface area contributed by atoms with Crippen molar-refractivity contribution in [1.29, 1.82) is 0 Å². The standard InChI is InChI=1S/C22H28N2O4.C21H26N2O4/c1-3-24-19(27)12-18(26)21(24)6-7-22(28)17-10-14-4-5-15(25)11-16(14)20(22,13-21)8-9-23(17)2;1-22-8-7-19-12-20(17(25)11-18(26)23(20)2)5-6-21(19,27)16(22)9-13-3-4-14(24)10-15(13)19/h4-5,11,17,25,28H,3,6-10,12-13H2,1-2H3;3-4,10,16,24,27H,5-9,11-12H2,1-2H3/t17-,20-,21+,22-;16-,19-,20+,21-/m11/s1. The van der Waals surface area contributed by atoms with E-state index in [0.717, 1.165) is 48.2 Å². The van der Waals surface area contributed by atoms with Gasteiger partial charge in [0.1, 0.15) is 22.6 Å². The number of amides is 2. The average molecular weight is 755 g/mol. The molecule has 4 saturated heterocycles. The fourth-order valence-corrected chi connectivity index (χ4v) is 13.6. The van der Waals surface area contributed by atoms with Crippen molar-refractivity contribution in [2.75, 3.05) is 40.8 Å². The van der Waals surface area contributed by atoms with Gasteiger partial charge in [-0.05, 0) is 145 Å². The van der Waals surface area contributed by atoms with E-state index in [9.17, 15) is 39.6 Å². The number of aliphatic hydroxyl groups is 2. The summed E-state index contributed by atoms with van der Waals surface area (Å²) in [5, 5.41) is 44.5. The van der Waals surface area contributed by atoms with E-state index in [4.69, 9.17) is 0 Å². The highest BCUT2D eigenvalue weighted by Gasteiger charge is 2.71. The topological polar surface area (TPSA) is 162 Å². The Balaban J connectivity index is 0.000000144. The molecule has 8 atom stereocenters. The van der Waals surface area contributed by atoms with Crippen LogP contribution in [-0.4, -0.2) is 139 Å². The molecule has 12 nitrogen and oxygen atoms in total. The van der Waals surface area contributed by atoms with E-state index >= 15 is 0 Å². The Morgan fingerprint density at radius 3 is 1.56 bits per heavy atom. The molecular formula is C43H54N4O8. The molecule has 2 spiro atoms. The van der Waals surface area contributed by atoms with Crippen molar-refractivity contribution in [1.82, 2.24) is 19.6 Å². The third kappa shape index (κ3) is 4.54. The summed E-state index contributed by atoms with van der Waals surface area (Å²) in [4.78, 5) is 58.8. The molecule has 2 saturated carbocycles. The second-order valence-corrected chi connectivity index (χ2v) is 18.3. The summed E-state index contributed by atoms with van der Waals surface area (Å²) in [7, 11) is 5.84. The molecule has 2 aromatic rings. The van der Waals surface area contributed by atoms with Crippen LogP contribution in [-0.2, 0) is 42.8 Å². The fraction of sp³-hybridized carbons (Fsp3) is 0.628. The highest BCUT2D eigenvalue weighted by Crippen LogP contribution is 2.63. The van der Waals surface area contributed by atoms with E-state index < -0.39 is 33.1 Å². The predicted molar refractivity (Wildman–Crippen MR) is 202 cm³/mol. The van der Waals surface area contributed by atoms with E-state index in [2.05, 4.69) is 23.9 Å². The second kappa shape index (κ2) is 11.8. The Morgan fingerprint density at radius 2 is 1.09 bits per heavy atom. The monoisotopic (exact) mass is 754 g/mol. The maximum Gasteiger partial charge on any atom is 0.230 e. The van der Waals surface area contributed by atoms with Gasteiger partial charge in [0.25, 0.3) is 0 Å². The number of hydrogen-bond donors (Lipinski definition) is 4. The Bertz CT molecular complexity index is 2040. The number of phenolic OH excluding ortho intramolecular Hbond substituents is 2. The van der Waals surface area contributed by atoms with Gasteiger partial charge in [-0.15, -0.1) is 0 Å². The van der Waals surface area contributed by atoms with Crippen LogP contribution in [0.3, 0.4) is 0 Å². The number of ketones is 2. The normalized spacial score (nSPS) is 40.5.